The van der Waals surface area contributed by atoms with Gasteiger partial charge in [-0.15, -0.1) is 0 Å². The zero-order valence-corrected chi connectivity index (χ0v) is 12.9. The van der Waals surface area contributed by atoms with E-state index in [-0.39, 0.29) is 0 Å². The second-order valence-corrected chi connectivity index (χ2v) is 4.91. The molecule has 114 valence electrons. The van der Waals surface area contributed by atoms with Gasteiger partial charge >= 0.3 is 0 Å². The van der Waals surface area contributed by atoms with Crippen LogP contribution < -0.4 is 16.8 Å². The van der Waals surface area contributed by atoms with Crippen LogP contribution in [-0.2, 0) is 6.42 Å². The molecule has 2 rings (SSSR count). The van der Waals surface area contributed by atoms with Crippen LogP contribution in [-0.4, -0.2) is 23.2 Å². The molecule has 1 heterocycles. The van der Waals surface area contributed by atoms with Gasteiger partial charge in [-0.1, -0.05) is 23.7 Å². The Kier molecular flexibility index (Phi) is 5.32. The highest BCUT2D eigenvalue weighted by Crippen LogP contribution is 2.19. The highest BCUT2D eigenvalue weighted by molar-refractivity contribution is 6.30. The number of aliphatic imine (C=N–C) groups is 1. The van der Waals surface area contributed by atoms with Crippen LogP contribution in [0.25, 0.3) is 0 Å². The van der Waals surface area contributed by atoms with Gasteiger partial charge in [0, 0.05) is 31.6 Å². The van der Waals surface area contributed by atoms with Gasteiger partial charge in [0.05, 0.1) is 17.6 Å². The van der Waals surface area contributed by atoms with Gasteiger partial charge in [-0.3, -0.25) is 4.99 Å². The number of nitrogens with two attached hydrogens (primary N) is 2. The molecule has 0 unspecified atom stereocenters. The summed E-state index contributed by atoms with van der Waals surface area (Å²) in [5.74, 6) is 0.542. The van der Waals surface area contributed by atoms with E-state index >= 15 is 0 Å². The summed E-state index contributed by atoms with van der Waals surface area (Å²) in [6.45, 7) is 0. The first-order chi connectivity index (χ1) is 10.6. The van der Waals surface area contributed by atoms with Crippen LogP contribution in [0.15, 0.2) is 47.4 Å². The van der Waals surface area contributed by atoms with Crippen molar-refractivity contribution in [3.8, 4) is 0 Å². The second-order valence-electron chi connectivity index (χ2n) is 4.55. The van der Waals surface area contributed by atoms with Crippen molar-refractivity contribution in [2.24, 2.45) is 10.7 Å². The Bertz CT molecular complexity index is 711. The van der Waals surface area contributed by atoms with Crippen molar-refractivity contribution < 1.29 is 0 Å². The molecule has 0 bridgehead atoms. The lowest BCUT2D eigenvalue weighted by Gasteiger charge is -2.09. The maximum Gasteiger partial charge on any atom is 0.151 e. The predicted molar refractivity (Wildman–Crippen MR) is 91.0 cm³/mol. The van der Waals surface area contributed by atoms with Gasteiger partial charge in [0.1, 0.15) is 5.82 Å². The van der Waals surface area contributed by atoms with E-state index in [0.29, 0.717) is 34.5 Å². The van der Waals surface area contributed by atoms with E-state index in [4.69, 9.17) is 23.1 Å². The zero-order chi connectivity index (χ0) is 15.9. The van der Waals surface area contributed by atoms with Crippen LogP contribution in [0.3, 0.4) is 0 Å². The lowest BCUT2D eigenvalue weighted by Crippen LogP contribution is -2.07. The fourth-order valence-corrected chi connectivity index (χ4v) is 2.04. The molecule has 1 aromatic carbocycles. The third-order valence-electron chi connectivity index (χ3n) is 2.84. The molecular formula is C15H17ClN6. The summed E-state index contributed by atoms with van der Waals surface area (Å²) in [5.41, 5.74) is 14.3. The van der Waals surface area contributed by atoms with Crippen molar-refractivity contribution >= 4 is 29.3 Å². The Hall–Kier alpha value is -2.60. The number of hydrogen-bond acceptors (Lipinski definition) is 6. The first-order valence-electron chi connectivity index (χ1n) is 6.59. The Balaban J connectivity index is 2.23. The summed E-state index contributed by atoms with van der Waals surface area (Å²) in [6, 6.07) is 7.56. The number of nitrogens with one attached hydrogen (secondary N) is 1. The molecule has 0 saturated carbocycles. The molecule has 0 aliphatic carbocycles. The highest BCUT2D eigenvalue weighted by Gasteiger charge is 2.08. The van der Waals surface area contributed by atoms with Crippen LogP contribution in [0, 0.1) is 0 Å². The molecule has 0 fully saturated rings. The molecule has 0 saturated heterocycles. The number of allylic oxidation sites excluding steroid dienone is 1. The van der Waals surface area contributed by atoms with E-state index in [1.165, 1.54) is 12.4 Å². The first-order valence-corrected chi connectivity index (χ1v) is 6.97. The SMILES string of the molecule is CN=C/C(=C\N)Nc1cnc(Cl)c(Cc2cccc(N)c2)n1. The topological polar surface area (TPSA) is 102 Å². The van der Waals surface area contributed by atoms with Gasteiger partial charge < -0.3 is 16.8 Å². The minimum absolute atomic E-state index is 0.357. The molecule has 5 N–H and O–H groups in total. The number of anilines is 2. The minimum Gasteiger partial charge on any atom is -0.403 e. The Morgan fingerprint density at radius 1 is 1.45 bits per heavy atom. The average molecular weight is 317 g/mol. The third-order valence-corrected chi connectivity index (χ3v) is 3.15. The number of nitrogens with zero attached hydrogens (tertiary/aromatic N) is 3. The van der Waals surface area contributed by atoms with Gasteiger partial charge in [0.15, 0.2) is 5.15 Å². The van der Waals surface area contributed by atoms with Crippen LogP contribution in [0.2, 0.25) is 5.15 Å². The van der Waals surface area contributed by atoms with Gasteiger partial charge in [0.2, 0.25) is 0 Å². The molecule has 0 aliphatic rings. The van der Waals surface area contributed by atoms with Crippen molar-refractivity contribution in [1.29, 1.82) is 0 Å². The van der Waals surface area contributed by atoms with E-state index in [1.807, 2.05) is 24.3 Å². The van der Waals surface area contributed by atoms with Crippen LogP contribution in [0.4, 0.5) is 11.5 Å². The van der Waals surface area contributed by atoms with Gasteiger partial charge in [-0.05, 0) is 17.7 Å². The summed E-state index contributed by atoms with van der Waals surface area (Å²) < 4.78 is 0. The molecule has 1 aromatic heterocycles. The first kappa shape index (κ1) is 15.8. The molecule has 7 heteroatoms. The van der Waals surface area contributed by atoms with Crippen molar-refractivity contribution in [3.63, 3.8) is 0 Å². The summed E-state index contributed by atoms with van der Waals surface area (Å²) in [7, 11) is 1.66. The van der Waals surface area contributed by atoms with Crippen LogP contribution in [0.5, 0.6) is 0 Å². The lowest BCUT2D eigenvalue weighted by molar-refractivity contribution is 1.03. The fraction of sp³-hybridized carbons (Fsp3) is 0.133. The van der Waals surface area contributed by atoms with Crippen molar-refractivity contribution in [2.75, 3.05) is 18.1 Å². The average Bonchev–Trinajstić information content (AvgIpc) is 2.50. The number of aromatic nitrogens is 2. The van der Waals surface area contributed by atoms with Crippen LogP contribution in [0.1, 0.15) is 11.3 Å². The van der Waals surface area contributed by atoms with E-state index in [0.717, 1.165) is 5.56 Å². The van der Waals surface area contributed by atoms with Gasteiger partial charge in [0.25, 0.3) is 0 Å². The summed E-state index contributed by atoms with van der Waals surface area (Å²) in [4.78, 5) is 12.5. The number of rotatable bonds is 5. The van der Waals surface area contributed by atoms with E-state index in [2.05, 4.69) is 20.3 Å². The van der Waals surface area contributed by atoms with Crippen molar-refractivity contribution in [3.05, 3.63) is 58.8 Å². The fourth-order valence-electron chi connectivity index (χ4n) is 1.89. The summed E-state index contributed by atoms with van der Waals surface area (Å²) in [6.07, 6.45) is 5.07. The number of halogens is 1. The van der Waals surface area contributed by atoms with Crippen LogP contribution >= 0.6 is 11.6 Å². The standard InChI is InChI=1S/C15H17ClN6/c1-19-8-12(7-17)21-14-9-20-15(16)13(22-14)6-10-3-2-4-11(18)5-10/h2-5,7-9H,6,17-18H2,1H3,(H,21,22)/b12-7+,19-8?. The number of benzene rings is 1. The summed E-state index contributed by atoms with van der Waals surface area (Å²) in [5, 5.41) is 3.38. The molecule has 0 amide bonds. The lowest BCUT2D eigenvalue weighted by atomic mass is 10.1. The van der Waals surface area contributed by atoms with Crippen molar-refractivity contribution in [1.82, 2.24) is 9.97 Å². The van der Waals surface area contributed by atoms with Crippen molar-refractivity contribution in [2.45, 2.75) is 6.42 Å². The van der Waals surface area contributed by atoms with Gasteiger partial charge in [-0.25, -0.2) is 9.97 Å². The Labute approximate surface area is 133 Å². The maximum atomic E-state index is 6.12. The van der Waals surface area contributed by atoms with E-state index in [1.54, 1.807) is 13.3 Å². The predicted octanol–water partition coefficient (Wildman–Crippen LogP) is 2.22. The quantitative estimate of drug-likeness (QED) is 0.580. The van der Waals surface area contributed by atoms with E-state index < -0.39 is 0 Å². The smallest absolute Gasteiger partial charge is 0.151 e. The molecular weight excluding hydrogens is 300 g/mol. The largest absolute Gasteiger partial charge is 0.403 e. The molecule has 22 heavy (non-hydrogen) atoms. The molecule has 0 atom stereocenters. The molecule has 2 aromatic rings. The molecule has 0 spiro atoms. The monoisotopic (exact) mass is 316 g/mol. The minimum atomic E-state index is 0.357. The second kappa shape index (κ2) is 7.42. The number of nitrogen functional groups attached to an aromatic ring is 1. The Morgan fingerprint density at radius 3 is 2.95 bits per heavy atom. The van der Waals surface area contributed by atoms with E-state index in [9.17, 15) is 0 Å². The normalized spacial score (nSPS) is 11.8. The molecule has 6 nitrogen and oxygen atoms in total. The van der Waals surface area contributed by atoms with Gasteiger partial charge in [-0.2, -0.15) is 0 Å². The maximum absolute atomic E-state index is 6.12. The summed E-state index contributed by atoms with van der Waals surface area (Å²) >= 11 is 6.12. The Morgan fingerprint density at radius 2 is 2.27 bits per heavy atom. The highest BCUT2D eigenvalue weighted by atomic mass is 35.5. The molecule has 0 radical (unpaired) electrons. The third kappa shape index (κ3) is 4.20. The number of hydrogen-bond donors (Lipinski definition) is 3. The molecule has 0 aliphatic heterocycles. The zero-order valence-electron chi connectivity index (χ0n) is 12.1.